The third-order valence-corrected chi connectivity index (χ3v) is 2.75. The highest BCUT2D eigenvalue weighted by molar-refractivity contribution is 4.96. The molecule has 1 rings (SSSR count). The van der Waals surface area contributed by atoms with Gasteiger partial charge in [-0.25, -0.2) is 0 Å². The highest BCUT2D eigenvalue weighted by Crippen LogP contribution is 2.24. The van der Waals surface area contributed by atoms with Crippen LogP contribution >= 0.6 is 0 Å². The summed E-state index contributed by atoms with van der Waals surface area (Å²) in [6, 6.07) is 2.64. The van der Waals surface area contributed by atoms with Gasteiger partial charge in [-0.05, 0) is 12.8 Å². The smallest absolute Gasteiger partial charge is 0.169 e. The van der Waals surface area contributed by atoms with E-state index in [1.807, 2.05) is 0 Å². The second-order valence-corrected chi connectivity index (χ2v) is 3.58. The SMILES string of the molecule is COC(CNC1CCCC1C#N)OC. The zero-order valence-corrected chi connectivity index (χ0v) is 8.82. The number of nitrogens with one attached hydrogen (secondary N) is 1. The van der Waals surface area contributed by atoms with Crippen LogP contribution in [-0.4, -0.2) is 33.1 Å². The normalized spacial score (nSPS) is 26.7. The molecule has 1 saturated carbocycles. The second kappa shape index (κ2) is 5.97. The zero-order valence-electron chi connectivity index (χ0n) is 8.82. The number of ether oxygens (including phenoxy) is 2. The van der Waals surface area contributed by atoms with E-state index in [1.165, 1.54) is 0 Å². The molecule has 2 atom stereocenters. The summed E-state index contributed by atoms with van der Waals surface area (Å²) in [5, 5.41) is 12.2. The molecular weight excluding hydrogens is 180 g/mol. The fraction of sp³-hybridized carbons (Fsp3) is 0.900. The van der Waals surface area contributed by atoms with Gasteiger partial charge in [-0.3, -0.25) is 0 Å². The van der Waals surface area contributed by atoms with Gasteiger partial charge in [0.15, 0.2) is 6.29 Å². The lowest BCUT2D eigenvalue weighted by atomic mass is 10.1. The Morgan fingerprint density at radius 3 is 2.71 bits per heavy atom. The first kappa shape index (κ1) is 11.4. The van der Waals surface area contributed by atoms with Crippen LogP contribution in [0.5, 0.6) is 0 Å². The van der Waals surface area contributed by atoms with E-state index < -0.39 is 0 Å². The molecule has 1 fully saturated rings. The average Bonchev–Trinajstić information content (AvgIpc) is 2.67. The van der Waals surface area contributed by atoms with Crippen LogP contribution in [0.25, 0.3) is 0 Å². The largest absolute Gasteiger partial charge is 0.355 e. The van der Waals surface area contributed by atoms with E-state index in [0.717, 1.165) is 19.3 Å². The Morgan fingerprint density at radius 2 is 2.14 bits per heavy atom. The monoisotopic (exact) mass is 198 g/mol. The number of hydrogen-bond acceptors (Lipinski definition) is 4. The molecule has 0 bridgehead atoms. The minimum atomic E-state index is -0.213. The standard InChI is InChI=1S/C10H18N2O2/c1-13-10(14-2)7-12-9-5-3-4-8(9)6-11/h8-10,12H,3-5,7H2,1-2H3. The number of nitrogens with zero attached hydrogens (tertiary/aromatic N) is 1. The molecule has 0 aromatic heterocycles. The van der Waals surface area contributed by atoms with Crippen LogP contribution in [0.2, 0.25) is 0 Å². The fourth-order valence-corrected chi connectivity index (χ4v) is 1.87. The molecule has 80 valence electrons. The van der Waals surface area contributed by atoms with E-state index in [2.05, 4.69) is 11.4 Å². The topological polar surface area (TPSA) is 54.3 Å². The lowest BCUT2D eigenvalue weighted by Crippen LogP contribution is -2.38. The first-order valence-corrected chi connectivity index (χ1v) is 5.00. The maximum absolute atomic E-state index is 8.86. The van der Waals surface area contributed by atoms with Crippen LogP contribution in [0.1, 0.15) is 19.3 Å². The highest BCUT2D eigenvalue weighted by Gasteiger charge is 2.27. The van der Waals surface area contributed by atoms with Crippen LogP contribution in [0.3, 0.4) is 0 Å². The molecule has 0 aromatic carbocycles. The molecule has 0 heterocycles. The fourth-order valence-electron chi connectivity index (χ4n) is 1.87. The van der Waals surface area contributed by atoms with Gasteiger partial charge in [0, 0.05) is 26.8 Å². The van der Waals surface area contributed by atoms with E-state index in [9.17, 15) is 0 Å². The molecule has 0 aromatic rings. The molecule has 0 saturated heterocycles. The summed E-state index contributed by atoms with van der Waals surface area (Å²) >= 11 is 0. The van der Waals surface area contributed by atoms with Crippen LogP contribution in [0.15, 0.2) is 0 Å². The van der Waals surface area contributed by atoms with Gasteiger partial charge in [0.25, 0.3) is 0 Å². The first-order valence-electron chi connectivity index (χ1n) is 5.00. The Labute approximate surface area is 85.2 Å². The Bertz CT molecular complexity index is 199. The molecule has 4 nitrogen and oxygen atoms in total. The predicted molar refractivity (Wildman–Crippen MR) is 52.6 cm³/mol. The average molecular weight is 198 g/mol. The maximum Gasteiger partial charge on any atom is 0.169 e. The molecule has 0 spiro atoms. The van der Waals surface area contributed by atoms with Crippen molar-refractivity contribution in [1.29, 1.82) is 5.26 Å². The lowest BCUT2D eigenvalue weighted by Gasteiger charge is -2.19. The van der Waals surface area contributed by atoms with Crippen molar-refractivity contribution in [2.45, 2.75) is 31.6 Å². The zero-order chi connectivity index (χ0) is 10.4. The van der Waals surface area contributed by atoms with E-state index in [4.69, 9.17) is 14.7 Å². The van der Waals surface area contributed by atoms with Crippen molar-refractivity contribution in [1.82, 2.24) is 5.32 Å². The van der Waals surface area contributed by atoms with Crippen LogP contribution < -0.4 is 5.32 Å². The van der Waals surface area contributed by atoms with Crippen molar-refractivity contribution in [3.63, 3.8) is 0 Å². The van der Waals surface area contributed by atoms with Gasteiger partial charge in [-0.1, -0.05) is 6.42 Å². The summed E-state index contributed by atoms with van der Waals surface area (Å²) in [4.78, 5) is 0. The Balaban J connectivity index is 2.27. The number of rotatable bonds is 5. The third kappa shape index (κ3) is 2.95. The number of nitriles is 1. The molecule has 0 aliphatic heterocycles. The van der Waals surface area contributed by atoms with Gasteiger partial charge in [0.05, 0.1) is 12.0 Å². The molecule has 4 heteroatoms. The van der Waals surface area contributed by atoms with Crippen molar-refractivity contribution in [2.24, 2.45) is 5.92 Å². The molecule has 1 aliphatic rings. The third-order valence-electron chi connectivity index (χ3n) is 2.75. The highest BCUT2D eigenvalue weighted by atomic mass is 16.7. The van der Waals surface area contributed by atoms with Gasteiger partial charge < -0.3 is 14.8 Å². The van der Waals surface area contributed by atoms with Crippen LogP contribution in [0, 0.1) is 17.2 Å². The van der Waals surface area contributed by atoms with Crippen molar-refractivity contribution in [3.8, 4) is 6.07 Å². The Hall–Kier alpha value is -0.630. The van der Waals surface area contributed by atoms with Gasteiger partial charge in [0.1, 0.15) is 0 Å². The first-order chi connectivity index (χ1) is 6.81. The van der Waals surface area contributed by atoms with Crippen molar-refractivity contribution >= 4 is 0 Å². The molecular formula is C10H18N2O2. The Morgan fingerprint density at radius 1 is 1.43 bits per heavy atom. The summed E-state index contributed by atoms with van der Waals surface area (Å²) in [5.74, 6) is 0.157. The summed E-state index contributed by atoms with van der Waals surface area (Å²) in [6.45, 7) is 0.649. The van der Waals surface area contributed by atoms with Crippen LogP contribution in [0.4, 0.5) is 0 Å². The molecule has 14 heavy (non-hydrogen) atoms. The summed E-state index contributed by atoms with van der Waals surface area (Å²) in [5.41, 5.74) is 0. The predicted octanol–water partition coefficient (Wildman–Crippen LogP) is 0.887. The quantitative estimate of drug-likeness (QED) is 0.666. The van der Waals surface area contributed by atoms with E-state index >= 15 is 0 Å². The van der Waals surface area contributed by atoms with Gasteiger partial charge in [-0.15, -0.1) is 0 Å². The van der Waals surface area contributed by atoms with Gasteiger partial charge >= 0.3 is 0 Å². The number of hydrogen-bond donors (Lipinski definition) is 1. The molecule has 1 N–H and O–H groups in total. The van der Waals surface area contributed by atoms with Crippen molar-refractivity contribution < 1.29 is 9.47 Å². The van der Waals surface area contributed by atoms with Crippen molar-refractivity contribution in [3.05, 3.63) is 0 Å². The van der Waals surface area contributed by atoms with Crippen molar-refractivity contribution in [2.75, 3.05) is 20.8 Å². The maximum atomic E-state index is 8.86. The van der Waals surface area contributed by atoms with Crippen LogP contribution in [-0.2, 0) is 9.47 Å². The second-order valence-electron chi connectivity index (χ2n) is 3.58. The minimum absolute atomic E-state index is 0.157. The molecule has 0 radical (unpaired) electrons. The Kier molecular flexibility index (Phi) is 4.88. The van der Waals surface area contributed by atoms with Gasteiger partial charge in [-0.2, -0.15) is 5.26 Å². The van der Waals surface area contributed by atoms with Gasteiger partial charge in [0.2, 0.25) is 0 Å². The summed E-state index contributed by atoms with van der Waals surface area (Å²) in [7, 11) is 3.23. The summed E-state index contributed by atoms with van der Waals surface area (Å²) in [6.07, 6.45) is 3.02. The molecule has 1 aliphatic carbocycles. The summed E-state index contributed by atoms with van der Waals surface area (Å²) < 4.78 is 10.1. The number of methoxy groups -OCH3 is 2. The lowest BCUT2D eigenvalue weighted by molar-refractivity contribution is -0.100. The minimum Gasteiger partial charge on any atom is -0.355 e. The molecule has 0 amide bonds. The molecule has 2 unspecified atom stereocenters. The van der Waals surface area contributed by atoms with E-state index in [1.54, 1.807) is 14.2 Å². The van der Waals surface area contributed by atoms with E-state index in [0.29, 0.717) is 12.6 Å². The van der Waals surface area contributed by atoms with E-state index in [-0.39, 0.29) is 12.2 Å².